The first kappa shape index (κ1) is 26.7. The van der Waals surface area contributed by atoms with Crippen molar-refractivity contribution in [3.05, 3.63) is 76.4 Å². The van der Waals surface area contributed by atoms with Crippen LogP contribution >= 0.6 is 0 Å². The number of hydrogen-bond acceptors (Lipinski definition) is 4. The minimum absolute atomic E-state index is 0.107. The summed E-state index contributed by atoms with van der Waals surface area (Å²) in [5.74, 6) is -1.25. The molecule has 0 spiro atoms. The molecule has 1 fully saturated rings. The number of carbonyl (C=O) groups is 2. The summed E-state index contributed by atoms with van der Waals surface area (Å²) < 4.78 is 0. The van der Waals surface area contributed by atoms with Gasteiger partial charge in [-0.15, -0.1) is 0 Å². The molecule has 1 N–H and O–H groups in total. The van der Waals surface area contributed by atoms with Gasteiger partial charge in [-0.25, -0.2) is 0 Å². The molecule has 0 aliphatic carbocycles. The van der Waals surface area contributed by atoms with E-state index in [1.54, 1.807) is 17.0 Å². The lowest BCUT2D eigenvalue weighted by atomic mass is 9.94. The number of aliphatic hydroxyl groups is 1. The summed E-state index contributed by atoms with van der Waals surface area (Å²) in [4.78, 5) is 30.5. The number of likely N-dealkylation sites (tertiary alicyclic amines) is 1. The molecule has 0 aromatic heterocycles. The monoisotopic (exact) mass is 476 g/mol. The number of aliphatic hydroxyl groups excluding tert-OH is 1. The number of nitrogens with zero attached hydrogens (tertiary/aromatic N) is 2. The maximum absolute atomic E-state index is 13.2. The van der Waals surface area contributed by atoms with Crippen LogP contribution in [-0.2, 0) is 9.59 Å². The lowest BCUT2D eigenvalue weighted by Gasteiger charge is -2.27. The number of carbonyl (C=O) groups excluding carboxylic acids is 2. The number of benzene rings is 2. The van der Waals surface area contributed by atoms with Crippen molar-refractivity contribution in [2.45, 2.75) is 65.8 Å². The first-order valence-corrected chi connectivity index (χ1v) is 13.0. The van der Waals surface area contributed by atoms with E-state index in [4.69, 9.17) is 0 Å². The highest BCUT2D eigenvalue weighted by Gasteiger charge is 2.45. The van der Waals surface area contributed by atoms with Crippen LogP contribution in [0.25, 0.3) is 5.76 Å². The van der Waals surface area contributed by atoms with Gasteiger partial charge >= 0.3 is 0 Å². The molecule has 1 saturated heterocycles. The molecule has 0 bridgehead atoms. The van der Waals surface area contributed by atoms with E-state index in [0.29, 0.717) is 12.1 Å². The van der Waals surface area contributed by atoms with Gasteiger partial charge in [-0.3, -0.25) is 9.59 Å². The van der Waals surface area contributed by atoms with E-state index in [2.05, 4.69) is 18.7 Å². The van der Waals surface area contributed by atoms with E-state index in [0.717, 1.165) is 68.4 Å². The Balaban J connectivity index is 1.90. The molecule has 1 amide bonds. The van der Waals surface area contributed by atoms with Gasteiger partial charge in [-0.1, -0.05) is 86.3 Å². The zero-order chi connectivity index (χ0) is 25.4. The van der Waals surface area contributed by atoms with Crippen LogP contribution in [0, 0.1) is 13.8 Å². The second-order valence-electron chi connectivity index (χ2n) is 9.67. The Kier molecular flexibility index (Phi) is 9.67. The molecule has 0 unspecified atom stereocenters. The third-order valence-electron chi connectivity index (χ3n) is 6.79. The minimum Gasteiger partial charge on any atom is -0.507 e. The number of hydrogen-bond donors (Lipinski definition) is 1. The van der Waals surface area contributed by atoms with Crippen LogP contribution in [0.1, 0.15) is 74.2 Å². The van der Waals surface area contributed by atoms with Crippen LogP contribution in [0.3, 0.4) is 0 Å². The second kappa shape index (κ2) is 12.7. The van der Waals surface area contributed by atoms with Crippen molar-refractivity contribution in [3.8, 4) is 0 Å². The van der Waals surface area contributed by atoms with Crippen molar-refractivity contribution >= 4 is 17.4 Å². The van der Waals surface area contributed by atoms with E-state index in [9.17, 15) is 14.7 Å². The second-order valence-corrected chi connectivity index (χ2v) is 9.67. The normalized spacial score (nSPS) is 17.5. The van der Waals surface area contributed by atoms with Crippen LogP contribution in [0.2, 0.25) is 0 Å². The maximum atomic E-state index is 13.2. The topological polar surface area (TPSA) is 60.9 Å². The fourth-order valence-corrected chi connectivity index (χ4v) is 4.64. The van der Waals surface area contributed by atoms with Gasteiger partial charge < -0.3 is 14.9 Å². The Hall–Kier alpha value is -2.92. The van der Waals surface area contributed by atoms with Crippen molar-refractivity contribution in [3.63, 3.8) is 0 Å². The van der Waals surface area contributed by atoms with E-state index in [1.165, 1.54) is 0 Å². The minimum atomic E-state index is -0.609. The van der Waals surface area contributed by atoms with E-state index in [1.807, 2.05) is 50.2 Å². The smallest absolute Gasteiger partial charge is 0.295 e. The van der Waals surface area contributed by atoms with Crippen LogP contribution < -0.4 is 0 Å². The molecular weight excluding hydrogens is 436 g/mol. The van der Waals surface area contributed by atoms with Crippen molar-refractivity contribution in [2.75, 3.05) is 26.2 Å². The standard InChI is InChI=1S/C30H40N2O3/c1-5-7-18-31(19-8-6-2)20-9-21-32-27(24-14-10-22(3)11-15-24)26(29(34)30(32)35)28(33)25-16-12-23(4)13-17-25/h10-17,27,33H,5-9,18-21H2,1-4H3/t27-/m1/s1. The van der Waals surface area contributed by atoms with Gasteiger partial charge in [0.2, 0.25) is 0 Å². The predicted molar refractivity (Wildman–Crippen MR) is 142 cm³/mol. The fraction of sp³-hybridized carbons (Fsp3) is 0.467. The average Bonchev–Trinajstić information content (AvgIpc) is 3.10. The lowest BCUT2D eigenvalue weighted by Crippen LogP contribution is -2.34. The zero-order valence-electron chi connectivity index (χ0n) is 21.7. The summed E-state index contributed by atoms with van der Waals surface area (Å²) >= 11 is 0. The summed E-state index contributed by atoms with van der Waals surface area (Å²) in [7, 11) is 0. The number of ketones is 1. The molecule has 1 atom stereocenters. The van der Waals surface area contributed by atoms with E-state index < -0.39 is 17.7 Å². The number of amides is 1. The molecule has 188 valence electrons. The first-order chi connectivity index (χ1) is 16.9. The van der Waals surface area contributed by atoms with Crippen LogP contribution in [-0.4, -0.2) is 52.8 Å². The SMILES string of the molecule is CCCCN(CCCC)CCCN1C(=O)C(=O)C(=C(O)c2ccc(C)cc2)[C@H]1c1ccc(C)cc1. The summed E-state index contributed by atoms with van der Waals surface area (Å²) in [5, 5.41) is 11.2. The van der Waals surface area contributed by atoms with Gasteiger partial charge in [0.05, 0.1) is 11.6 Å². The van der Waals surface area contributed by atoms with Gasteiger partial charge in [0.15, 0.2) is 0 Å². The number of rotatable bonds is 12. The third kappa shape index (κ3) is 6.61. The van der Waals surface area contributed by atoms with Crippen molar-refractivity contribution in [1.29, 1.82) is 0 Å². The molecule has 5 nitrogen and oxygen atoms in total. The first-order valence-electron chi connectivity index (χ1n) is 13.0. The number of aryl methyl sites for hydroxylation is 2. The Bertz CT molecular complexity index is 1020. The molecule has 1 aliphatic rings. The van der Waals surface area contributed by atoms with Crippen LogP contribution in [0.4, 0.5) is 0 Å². The molecule has 1 heterocycles. The molecule has 2 aromatic carbocycles. The molecule has 3 rings (SSSR count). The van der Waals surface area contributed by atoms with E-state index >= 15 is 0 Å². The lowest BCUT2D eigenvalue weighted by molar-refractivity contribution is -0.140. The van der Waals surface area contributed by atoms with Gasteiger partial charge in [-0.2, -0.15) is 0 Å². The Labute approximate surface area is 210 Å². The van der Waals surface area contributed by atoms with Gasteiger partial charge in [0.1, 0.15) is 5.76 Å². The number of Topliss-reactive ketones (excluding diaryl/α,β-unsaturated/α-hetero) is 1. The predicted octanol–water partition coefficient (Wildman–Crippen LogP) is 6.02. The largest absolute Gasteiger partial charge is 0.507 e. The average molecular weight is 477 g/mol. The highest BCUT2D eigenvalue weighted by atomic mass is 16.3. The zero-order valence-corrected chi connectivity index (χ0v) is 21.7. The Morgan fingerprint density at radius 2 is 1.34 bits per heavy atom. The maximum Gasteiger partial charge on any atom is 0.295 e. The summed E-state index contributed by atoms with van der Waals surface area (Å²) in [6, 6.07) is 14.7. The number of unbranched alkanes of at least 4 members (excludes halogenated alkanes) is 2. The van der Waals surface area contributed by atoms with Gasteiger partial charge in [0, 0.05) is 12.1 Å². The molecule has 0 radical (unpaired) electrons. The highest BCUT2D eigenvalue weighted by molar-refractivity contribution is 6.46. The van der Waals surface area contributed by atoms with Crippen LogP contribution in [0.15, 0.2) is 54.1 Å². The van der Waals surface area contributed by atoms with Crippen molar-refractivity contribution < 1.29 is 14.7 Å². The van der Waals surface area contributed by atoms with Crippen LogP contribution in [0.5, 0.6) is 0 Å². The highest BCUT2D eigenvalue weighted by Crippen LogP contribution is 2.39. The fourth-order valence-electron chi connectivity index (χ4n) is 4.64. The van der Waals surface area contributed by atoms with Crippen molar-refractivity contribution in [1.82, 2.24) is 9.80 Å². The molecular formula is C30H40N2O3. The molecule has 0 saturated carbocycles. The summed E-state index contributed by atoms with van der Waals surface area (Å²) in [6.07, 6.45) is 5.42. The Morgan fingerprint density at radius 1 is 0.829 bits per heavy atom. The van der Waals surface area contributed by atoms with Gasteiger partial charge in [-0.05, 0) is 58.3 Å². The molecule has 35 heavy (non-hydrogen) atoms. The van der Waals surface area contributed by atoms with Crippen molar-refractivity contribution in [2.24, 2.45) is 0 Å². The van der Waals surface area contributed by atoms with Gasteiger partial charge in [0.25, 0.3) is 11.7 Å². The molecule has 1 aliphatic heterocycles. The quantitative estimate of drug-likeness (QED) is 0.231. The Morgan fingerprint density at radius 3 is 1.89 bits per heavy atom. The van der Waals surface area contributed by atoms with E-state index in [-0.39, 0.29) is 11.3 Å². The summed E-state index contributed by atoms with van der Waals surface area (Å²) in [5.41, 5.74) is 3.74. The third-order valence-corrected chi connectivity index (χ3v) is 6.79. The molecule has 2 aromatic rings. The molecule has 5 heteroatoms. The summed E-state index contributed by atoms with van der Waals surface area (Å²) in [6.45, 7) is 11.9.